The number of amides is 1. The molecule has 31 heavy (non-hydrogen) atoms. The Morgan fingerprint density at radius 3 is 2.10 bits per heavy atom. The maximum absolute atomic E-state index is 12.7. The van der Waals surface area contributed by atoms with Gasteiger partial charge < -0.3 is 5.32 Å². The Kier molecular flexibility index (Phi) is 7.13. The van der Waals surface area contributed by atoms with E-state index in [1.165, 1.54) is 10.6 Å². The zero-order chi connectivity index (χ0) is 22.4. The molecular formula is C25H28N2O3S. The number of hydrogen-bond donors (Lipinski definition) is 1. The molecule has 5 nitrogen and oxygen atoms in total. The van der Waals surface area contributed by atoms with E-state index in [2.05, 4.69) is 5.32 Å². The van der Waals surface area contributed by atoms with E-state index in [-0.39, 0.29) is 18.5 Å². The number of rotatable bonds is 8. The molecule has 0 aliphatic heterocycles. The lowest BCUT2D eigenvalue weighted by atomic mass is 10.0. The summed E-state index contributed by atoms with van der Waals surface area (Å²) in [5.74, 6) is -0.188. The summed E-state index contributed by atoms with van der Waals surface area (Å²) in [7, 11) is -3.49. The average Bonchev–Trinajstić information content (AvgIpc) is 2.77. The van der Waals surface area contributed by atoms with Crippen molar-refractivity contribution < 1.29 is 13.2 Å². The molecule has 1 amide bonds. The molecular weight excluding hydrogens is 408 g/mol. The van der Waals surface area contributed by atoms with E-state index in [1.54, 1.807) is 24.3 Å². The number of benzene rings is 3. The molecule has 3 aromatic carbocycles. The summed E-state index contributed by atoms with van der Waals surface area (Å²) in [5.41, 5.74) is 4.07. The van der Waals surface area contributed by atoms with E-state index in [0.29, 0.717) is 11.3 Å². The molecule has 0 aromatic heterocycles. The summed E-state index contributed by atoms with van der Waals surface area (Å²) in [4.78, 5) is 12.7. The van der Waals surface area contributed by atoms with E-state index in [0.717, 1.165) is 23.1 Å². The van der Waals surface area contributed by atoms with Gasteiger partial charge in [-0.3, -0.25) is 9.10 Å². The molecule has 0 saturated heterocycles. The highest BCUT2D eigenvalue weighted by atomic mass is 32.2. The van der Waals surface area contributed by atoms with Gasteiger partial charge in [-0.15, -0.1) is 0 Å². The fourth-order valence-corrected chi connectivity index (χ4v) is 4.27. The van der Waals surface area contributed by atoms with Crippen molar-refractivity contribution in [3.63, 3.8) is 0 Å². The van der Waals surface area contributed by atoms with Gasteiger partial charge in [-0.1, -0.05) is 67.1 Å². The van der Waals surface area contributed by atoms with Crippen molar-refractivity contribution in [1.29, 1.82) is 0 Å². The van der Waals surface area contributed by atoms with Crippen LogP contribution in [0.25, 0.3) is 0 Å². The first-order valence-electron chi connectivity index (χ1n) is 10.3. The van der Waals surface area contributed by atoms with E-state index < -0.39 is 10.0 Å². The van der Waals surface area contributed by atoms with Gasteiger partial charge in [0.25, 0.3) is 5.91 Å². The monoisotopic (exact) mass is 436 g/mol. The number of hydrogen-bond acceptors (Lipinski definition) is 3. The quantitative estimate of drug-likeness (QED) is 0.549. The largest absolute Gasteiger partial charge is 0.345 e. The first-order valence-corrected chi connectivity index (χ1v) is 12.1. The van der Waals surface area contributed by atoms with Crippen LogP contribution in [0.4, 0.5) is 5.69 Å². The van der Waals surface area contributed by atoms with E-state index in [4.69, 9.17) is 0 Å². The Bertz CT molecular complexity index is 1110. The summed E-state index contributed by atoms with van der Waals surface area (Å²) in [6, 6.07) is 24.2. The van der Waals surface area contributed by atoms with Crippen LogP contribution in [0.15, 0.2) is 78.9 Å². The highest BCUT2D eigenvalue weighted by molar-refractivity contribution is 7.92. The zero-order valence-electron chi connectivity index (χ0n) is 18.1. The van der Waals surface area contributed by atoms with Crippen LogP contribution in [-0.4, -0.2) is 20.6 Å². The number of anilines is 1. The van der Waals surface area contributed by atoms with E-state index >= 15 is 0 Å². The molecule has 3 aromatic rings. The molecule has 0 unspecified atom stereocenters. The molecule has 0 radical (unpaired) electrons. The third-order valence-corrected chi connectivity index (χ3v) is 6.32. The molecule has 162 valence electrons. The molecule has 0 fully saturated rings. The molecule has 0 heterocycles. The number of aryl methyl sites for hydroxylation is 1. The fourth-order valence-electron chi connectivity index (χ4n) is 3.39. The molecule has 3 rings (SSSR count). The van der Waals surface area contributed by atoms with Crippen LogP contribution in [0.1, 0.15) is 46.4 Å². The summed E-state index contributed by atoms with van der Waals surface area (Å²) in [5, 5.41) is 3.05. The summed E-state index contributed by atoms with van der Waals surface area (Å²) in [6.07, 6.45) is 1.96. The van der Waals surface area contributed by atoms with Crippen LogP contribution in [0.3, 0.4) is 0 Å². The van der Waals surface area contributed by atoms with Gasteiger partial charge >= 0.3 is 0 Å². The minimum Gasteiger partial charge on any atom is -0.345 e. The first kappa shape index (κ1) is 22.6. The third kappa shape index (κ3) is 5.95. The van der Waals surface area contributed by atoms with Crippen LogP contribution in [-0.2, 0) is 16.6 Å². The predicted molar refractivity (Wildman–Crippen MR) is 126 cm³/mol. The molecule has 1 atom stereocenters. The average molecular weight is 437 g/mol. The van der Waals surface area contributed by atoms with Crippen molar-refractivity contribution in [2.75, 3.05) is 10.6 Å². The lowest BCUT2D eigenvalue weighted by Gasteiger charge is -2.23. The van der Waals surface area contributed by atoms with Crippen molar-refractivity contribution in [1.82, 2.24) is 5.32 Å². The first-order chi connectivity index (χ1) is 14.8. The van der Waals surface area contributed by atoms with E-state index in [1.807, 2.05) is 68.4 Å². The highest BCUT2D eigenvalue weighted by Gasteiger charge is 2.19. The number of carbonyl (C=O) groups excluding carboxylic acids is 1. The molecule has 0 aliphatic rings. The van der Waals surface area contributed by atoms with Crippen LogP contribution in [0.5, 0.6) is 0 Å². The van der Waals surface area contributed by atoms with Gasteiger partial charge in [0.2, 0.25) is 10.0 Å². The Morgan fingerprint density at radius 2 is 1.55 bits per heavy atom. The molecule has 6 heteroatoms. The van der Waals surface area contributed by atoms with Gasteiger partial charge in [-0.2, -0.15) is 0 Å². The molecule has 0 bridgehead atoms. The molecule has 1 N–H and O–H groups in total. The molecule has 0 spiro atoms. The Labute approximate surface area is 184 Å². The summed E-state index contributed by atoms with van der Waals surface area (Å²) < 4.78 is 26.2. The van der Waals surface area contributed by atoms with Gasteiger partial charge in [0.1, 0.15) is 0 Å². The van der Waals surface area contributed by atoms with E-state index in [9.17, 15) is 13.2 Å². The zero-order valence-corrected chi connectivity index (χ0v) is 18.9. The summed E-state index contributed by atoms with van der Waals surface area (Å²) in [6.45, 7) is 4.25. The third-order valence-electron chi connectivity index (χ3n) is 5.18. The van der Waals surface area contributed by atoms with Gasteiger partial charge in [0.05, 0.1) is 24.5 Å². The Morgan fingerprint density at radius 1 is 0.935 bits per heavy atom. The molecule has 0 aliphatic carbocycles. The second kappa shape index (κ2) is 9.79. The van der Waals surface area contributed by atoms with Crippen LogP contribution >= 0.6 is 0 Å². The van der Waals surface area contributed by atoms with Crippen molar-refractivity contribution in [2.24, 2.45) is 0 Å². The van der Waals surface area contributed by atoms with Gasteiger partial charge in [0.15, 0.2) is 0 Å². The van der Waals surface area contributed by atoms with Crippen molar-refractivity contribution in [2.45, 2.75) is 32.9 Å². The number of sulfonamides is 1. The maximum atomic E-state index is 12.7. The Balaban J connectivity index is 1.77. The molecule has 0 saturated carbocycles. The second-order valence-corrected chi connectivity index (χ2v) is 9.55. The lowest BCUT2D eigenvalue weighted by molar-refractivity contribution is 0.0935. The van der Waals surface area contributed by atoms with Crippen molar-refractivity contribution in [3.8, 4) is 0 Å². The lowest BCUT2D eigenvalue weighted by Crippen LogP contribution is -2.30. The van der Waals surface area contributed by atoms with Gasteiger partial charge in [0, 0.05) is 5.56 Å². The van der Waals surface area contributed by atoms with Gasteiger partial charge in [-0.05, 0) is 48.7 Å². The SMILES string of the molecule is CC[C@@H](NC(=O)c1ccc(N(Cc2ccc(C)cc2)S(C)(=O)=O)cc1)c1ccccc1. The second-order valence-electron chi connectivity index (χ2n) is 7.65. The highest BCUT2D eigenvalue weighted by Crippen LogP contribution is 2.22. The standard InChI is InChI=1S/C25H28N2O3S/c1-4-24(21-8-6-5-7-9-21)26-25(28)22-14-16-23(17-15-22)27(31(3,29)30)18-20-12-10-19(2)11-13-20/h5-17,24H,4,18H2,1-3H3,(H,26,28)/t24-/m1/s1. The minimum absolute atomic E-state index is 0.0811. The van der Waals surface area contributed by atoms with Crippen LogP contribution < -0.4 is 9.62 Å². The van der Waals surface area contributed by atoms with Crippen molar-refractivity contribution in [3.05, 3.63) is 101 Å². The minimum atomic E-state index is -3.49. The van der Waals surface area contributed by atoms with Gasteiger partial charge in [-0.25, -0.2) is 8.42 Å². The van der Waals surface area contributed by atoms with Crippen LogP contribution in [0, 0.1) is 6.92 Å². The number of carbonyl (C=O) groups is 1. The maximum Gasteiger partial charge on any atom is 0.251 e. The summed E-state index contributed by atoms with van der Waals surface area (Å²) >= 11 is 0. The van der Waals surface area contributed by atoms with Crippen molar-refractivity contribution >= 4 is 21.6 Å². The predicted octanol–water partition coefficient (Wildman–Crippen LogP) is 4.84. The topological polar surface area (TPSA) is 66.5 Å². The smallest absolute Gasteiger partial charge is 0.251 e. The number of nitrogens with one attached hydrogen (secondary N) is 1. The normalized spacial score (nSPS) is 12.2. The number of nitrogens with zero attached hydrogens (tertiary/aromatic N) is 1. The van der Waals surface area contributed by atoms with Crippen LogP contribution in [0.2, 0.25) is 0 Å². The fraction of sp³-hybridized carbons (Fsp3) is 0.240. The Hall–Kier alpha value is -3.12.